The smallest absolute Gasteiger partial charge is 0.386 e. The Kier molecular flexibility index (Phi) is 2.74. The maximum Gasteiger partial charge on any atom is 0.386 e. The maximum atomic E-state index is 10.8. The molecule has 6 nitrogen and oxygen atoms in total. The minimum atomic E-state index is -0.509. The molecule has 1 heterocycles. The van der Waals surface area contributed by atoms with E-state index in [1.807, 2.05) is 13.8 Å². The fourth-order valence-corrected chi connectivity index (χ4v) is 1.99. The Morgan fingerprint density at radius 1 is 1.65 bits per heavy atom. The molecule has 1 aromatic heterocycles. The minimum Gasteiger partial charge on any atom is -0.392 e. The molecule has 0 amide bonds. The van der Waals surface area contributed by atoms with Gasteiger partial charge in [0.05, 0.1) is 6.10 Å². The molecule has 0 aliphatic heterocycles. The molecule has 6 heteroatoms. The molecular weight excluding hydrogens is 222 g/mol. The summed E-state index contributed by atoms with van der Waals surface area (Å²) in [6.07, 6.45) is 1.62. The Balaban J connectivity index is 2.18. The summed E-state index contributed by atoms with van der Waals surface area (Å²) in [5.74, 6) is -0.176. The second kappa shape index (κ2) is 3.96. The molecule has 1 saturated carbocycles. The number of pyridine rings is 1. The van der Waals surface area contributed by atoms with Gasteiger partial charge in [-0.3, -0.25) is 0 Å². The van der Waals surface area contributed by atoms with Gasteiger partial charge in [0.15, 0.2) is 0 Å². The summed E-state index contributed by atoms with van der Waals surface area (Å²) >= 11 is 0. The lowest BCUT2D eigenvalue weighted by molar-refractivity contribution is -0.388. The highest BCUT2D eigenvalue weighted by atomic mass is 16.6. The standard InChI is InChI=1S/C11H15N3O3/c1-11(2)8(6-9(11)15)13-7-4-3-5-12-10(7)14(16)17/h3-5,8-9,13,15H,6H2,1-2H3. The van der Waals surface area contributed by atoms with E-state index in [0.29, 0.717) is 12.1 Å². The van der Waals surface area contributed by atoms with Gasteiger partial charge in [-0.1, -0.05) is 13.8 Å². The molecule has 1 aromatic rings. The number of hydrogen-bond donors (Lipinski definition) is 2. The van der Waals surface area contributed by atoms with E-state index in [2.05, 4.69) is 10.3 Å². The summed E-state index contributed by atoms with van der Waals surface area (Å²) in [7, 11) is 0. The van der Waals surface area contributed by atoms with Crippen LogP contribution in [0.3, 0.4) is 0 Å². The fraction of sp³-hybridized carbons (Fsp3) is 0.545. The molecule has 2 rings (SSSR count). The van der Waals surface area contributed by atoms with E-state index in [1.54, 1.807) is 12.1 Å². The van der Waals surface area contributed by atoms with E-state index in [1.165, 1.54) is 6.20 Å². The Labute approximate surface area is 98.8 Å². The Morgan fingerprint density at radius 3 is 2.88 bits per heavy atom. The van der Waals surface area contributed by atoms with Crippen molar-refractivity contribution in [3.8, 4) is 0 Å². The van der Waals surface area contributed by atoms with Gasteiger partial charge in [-0.05, 0) is 28.5 Å². The molecule has 0 radical (unpaired) electrons. The Morgan fingerprint density at radius 2 is 2.35 bits per heavy atom. The zero-order valence-electron chi connectivity index (χ0n) is 9.75. The van der Waals surface area contributed by atoms with Crippen LogP contribution in [0.15, 0.2) is 18.3 Å². The summed E-state index contributed by atoms with van der Waals surface area (Å²) in [4.78, 5) is 14.0. The predicted molar refractivity (Wildman–Crippen MR) is 62.7 cm³/mol. The van der Waals surface area contributed by atoms with Gasteiger partial charge < -0.3 is 20.5 Å². The van der Waals surface area contributed by atoms with Crippen molar-refractivity contribution in [2.75, 3.05) is 5.32 Å². The van der Waals surface area contributed by atoms with Crippen LogP contribution in [0, 0.1) is 15.5 Å². The van der Waals surface area contributed by atoms with Gasteiger partial charge in [-0.15, -0.1) is 0 Å². The average molecular weight is 237 g/mol. The highest BCUT2D eigenvalue weighted by Crippen LogP contribution is 2.42. The first-order chi connectivity index (χ1) is 7.93. The van der Waals surface area contributed by atoms with Crippen molar-refractivity contribution in [3.05, 3.63) is 28.4 Å². The van der Waals surface area contributed by atoms with Gasteiger partial charge in [-0.2, -0.15) is 0 Å². The molecule has 92 valence electrons. The van der Waals surface area contributed by atoms with Crippen LogP contribution in [-0.4, -0.2) is 27.2 Å². The van der Waals surface area contributed by atoms with Gasteiger partial charge in [0.1, 0.15) is 11.9 Å². The van der Waals surface area contributed by atoms with Crippen LogP contribution in [0.1, 0.15) is 20.3 Å². The largest absolute Gasteiger partial charge is 0.392 e. The summed E-state index contributed by atoms with van der Waals surface area (Å²) in [6, 6.07) is 3.31. The first-order valence-electron chi connectivity index (χ1n) is 5.47. The Bertz CT molecular complexity index is 447. The number of aliphatic hydroxyl groups excluding tert-OH is 1. The van der Waals surface area contributed by atoms with Gasteiger partial charge in [0.25, 0.3) is 0 Å². The highest BCUT2D eigenvalue weighted by molar-refractivity contribution is 5.57. The molecule has 0 spiro atoms. The van der Waals surface area contributed by atoms with E-state index in [4.69, 9.17) is 0 Å². The summed E-state index contributed by atoms with van der Waals surface area (Å²) in [6.45, 7) is 3.86. The van der Waals surface area contributed by atoms with Crippen LogP contribution in [0.2, 0.25) is 0 Å². The van der Waals surface area contributed by atoms with Crippen LogP contribution in [0.25, 0.3) is 0 Å². The van der Waals surface area contributed by atoms with Crippen molar-refractivity contribution in [2.45, 2.75) is 32.4 Å². The topological polar surface area (TPSA) is 88.3 Å². The Hall–Kier alpha value is -1.69. The predicted octanol–water partition coefficient (Wildman–Crippen LogP) is 1.56. The third-order valence-electron chi connectivity index (χ3n) is 3.51. The summed E-state index contributed by atoms with van der Waals surface area (Å²) in [5.41, 5.74) is 0.131. The number of anilines is 1. The lowest BCUT2D eigenvalue weighted by Crippen LogP contribution is -2.56. The molecule has 2 unspecified atom stereocenters. The molecule has 1 aliphatic carbocycles. The first kappa shape index (κ1) is 11.8. The van der Waals surface area contributed by atoms with Crippen molar-refractivity contribution in [1.29, 1.82) is 0 Å². The van der Waals surface area contributed by atoms with Crippen molar-refractivity contribution >= 4 is 11.5 Å². The molecule has 1 fully saturated rings. The normalized spacial score (nSPS) is 26.1. The van der Waals surface area contributed by atoms with E-state index in [0.717, 1.165) is 0 Å². The van der Waals surface area contributed by atoms with E-state index in [9.17, 15) is 15.2 Å². The van der Waals surface area contributed by atoms with Gasteiger partial charge >= 0.3 is 5.82 Å². The second-order valence-corrected chi connectivity index (χ2v) is 4.90. The van der Waals surface area contributed by atoms with Crippen LogP contribution < -0.4 is 5.32 Å². The first-order valence-corrected chi connectivity index (χ1v) is 5.47. The average Bonchev–Trinajstić information content (AvgIpc) is 2.29. The quantitative estimate of drug-likeness (QED) is 0.615. The van der Waals surface area contributed by atoms with Gasteiger partial charge in [0, 0.05) is 11.5 Å². The second-order valence-electron chi connectivity index (χ2n) is 4.90. The minimum absolute atomic E-state index is 0.0281. The molecule has 0 saturated heterocycles. The van der Waals surface area contributed by atoms with E-state index in [-0.39, 0.29) is 23.4 Å². The number of aromatic nitrogens is 1. The third kappa shape index (κ3) is 1.95. The summed E-state index contributed by atoms with van der Waals surface area (Å²) in [5, 5.41) is 23.5. The molecular formula is C11H15N3O3. The third-order valence-corrected chi connectivity index (χ3v) is 3.51. The van der Waals surface area contributed by atoms with Crippen molar-refractivity contribution < 1.29 is 10.0 Å². The number of nitrogens with zero attached hydrogens (tertiary/aromatic N) is 2. The van der Waals surface area contributed by atoms with Gasteiger partial charge in [0.2, 0.25) is 0 Å². The number of nitrogens with one attached hydrogen (secondary N) is 1. The van der Waals surface area contributed by atoms with Crippen molar-refractivity contribution in [3.63, 3.8) is 0 Å². The molecule has 17 heavy (non-hydrogen) atoms. The number of nitro groups is 1. The van der Waals surface area contributed by atoms with Crippen LogP contribution in [0.5, 0.6) is 0 Å². The molecule has 2 N–H and O–H groups in total. The monoisotopic (exact) mass is 237 g/mol. The lowest BCUT2D eigenvalue weighted by atomic mass is 9.64. The van der Waals surface area contributed by atoms with Crippen LogP contribution >= 0.6 is 0 Å². The number of aliphatic hydroxyl groups is 1. The summed E-state index contributed by atoms with van der Waals surface area (Å²) < 4.78 is 0. The zero-order valence-corrected chi connectivity index (χ0v) is 9.75. The van der Waals surface area contributed by atoms with Crippen molar-refractivity contribution in [1.82, 2.24) is 4.98 Å². The molecule has 1 aliphatic rings. The number of hydrogen-bond acceptors (Lipinski definition) is 5. The van der Waals surface area contributed by atoms with E-state index >= 15 is 0 Å². The molecule has 2 atom stereocenters. The zero-order chi connectivity index (χ0) is 12.6. The molecule has 0 aromatic carbocycles. The van der Waals surface area contributed by atoms with Crippen LogP contribution in [0.4, 0.5) is 11.5 Å². The van der Waals surface area contributed by atoms with Crippen LogP contribution in [-0.2, 0) is 0 Å². The highest BCUT2D eigenvalue weighted by Gasteiger charge is 2.47. The fourth-order valence-electron chi connectivity index (χ4n) is 1.99. The maximum absolute atomic E-state index is 10.8. The van der Waals surface area contributed by atoms with E-state index < -0.39 is 4.92 Å². The van der Waals surface area contributed by atoms with Gasteiger partial charge in [-0.25, -0.2) is 0 Å². The lowest BCUT2D eigenvalue weighted by Gasteiger charge is -2.49. The SMILES string of the molecule is CC1(C)C(O)CC1Nc1cccnc1[N+](=O)[O-]. The molecule has 0 bridgehead atoms. The number of rotatable bonds is 3. The van der Waals surface area contributed by atoms with Crippen molar-refractivity contribution in [2.24, 2.45) is 5.41 Å².